The lowest BCUT2D eigenvalue weighted by molar-refractivity contribution is -0.138. The number of carboxylic acid groups (broad SMARTS) is 1. The number of carbonyl (C=O) groups is 2. The molecule has 0 aromatic heterocycles. The van der Waals surface area contributed by atoms with Gasteiger partial charge in [-0.2, -0.15) is 0 Å². The van der Waals surface area contributed by atoms with Crippen LogP contribution in [0, 0.1) is 17.8 Å². The van der Waals surface area contributed by atoms with Gasteiger partial charge in [-0.25, -0.2) is 4.79 Å². The van der Waals surface area contributed by atoms with Crippen molar-refractivity contribution < 1.29 is 14.7 Å². The molecule has 122 valence electrons. The van der Waals surface area contributed by atoms with Crippen LogP contribution in [0.15, 0.2) is 0 Å². The van der Waals surface area contributed by atoms with Gasteiger partial charge < -0.3 is 15.3 Å². The molecule has 1 aliphatic rings. The third-order valence-corrected chi connectivity index (χ3v) is 4.44. The van der Waals surface area contributed by atoms with Crippen LogP contribution >= 0.6 is 0 Å². The Balaban J connectivity index is 2.50. The highest BCUT2D eigenvalue weighted by atomic mass is 16.4. The number of urea groups is 1. The molecule has 0 spiro atoms. The van der Waals surface area contributed by atoms with E-state index in [1.54, 1.807) is 0 Å². The number of nitrogens with zero attached hydrogens (tertiary/aromatic N) is 1. The number of rotatable bonds is 6. The van der Waals surface area contributed by atoms with Crippen molar-refractivity contribution >= 4 is 12.0 Å². The Bertz CT molecular complexity index is 357. The molecule has 1 heterocycles. The van der Waals surface area contributed by atoms with Gasteiger partial charge in [0.15, 0.2) is 0 Å². The van der Waals surface area contributed by atoms with Crippen LogP contribution < -0.4 is 5.32 Å². The molecule has 1 saturated heterocycles. The van der Waals surface area contributed by atoms with Gasteiger partial charge in [-0.15, -0.1) is 0 Å². The molecule has 0 aromatic carbocycles. The molecule has 0 bridgehead atoms. The van der Waals surface area contributed by atoms with E-state index >= 15 is 0 Å². The monoisotopic (exact) mass is 298 g/mol. The van der Waals surface area contributed by atoms with E-state index in [1.807, 2.05) is 4.90 Å². The normalized spacial score (nSPS) is 24.0. The van der Waals surface area contributed by atoms with E-state index in [0.29, 0.717) is 18.4 Å². The van der Waals surface area contributed by atoms with Gasteiger partial charge in [0.1, 0.15) is 0 Å². The van der Waals surface area contributed by atoms with E-state index in [-0.39, 0.29) is 24.4 Å². The minimum Gasteiger partial charge on any atom is -0.481 e. The Morgan fingerprint density at radius 3 is 2.57 bits per heavy atom. The first-order valence-electron chi connectivity index (χ1n) is 8.07. The highest BCUT2D eigenvalue weighted by molar-refractivity contribution is 5.74. The van der Waals surface area contributed by atoms with Crippen LogP contribution in [0.1, 0.15) is 53.4 Å². The zero-order valence-corrected chi connectivity index (χ0v) is 13.8. The van der Waals surface area contributed by atoms with Crippen molar-refractivity contribution in [3.8, 4) is 0 Å². The molecule has 5 heteroatoms. The van der Waals surface area contributed by atoms with Gasteiger partial charge in [0.05, 0.1) is 0 Å². The third-order valence-electron chi connectivity index (χ3n) is 4.44. The van der Waals surface area contributed by atoms with Gasteiger partial charge in [0.2, 0.25) is 0 Å². The lowest BCUT2D eigenvalue weighted by Gasteiger charge is -2.38. The van der Waals surface area contributed by atoms with Crippen molar-refractivity contribution in [3.05, 3.63) is 0 Å². The predicted molar refractivity (Wildman–Crippen MR) is 83.2 cm³/mol. The number of nitrogens with one attached hydrogen (secondary N) is 1. The summed E-state index contributed by atoms with van der Waals surface area (Å²) >= 11 is 0. The van der Waals surface area contributed by atoms with E-state index in [9.17, 15) is 9.59 Å². The van der Waals surface area contributed by atoms with Crippen LogP contribution in [0.3, 0.4) is 0 Å². The maximum absolute atomic E-state index is 12.3. The molecule has 2 N–H and O–H groups in total. The average Bonchev–Trinajstić information content (AvgIpc) is 2.37. The Morgan fingerprint density at radius 2 is 2.00 bits per heavy atom. The largest absolute Gasteiger partial charge is 0.481 e. The maximum atomic E-state index is 12.3. The molecule has 0 aromatic rings. The smallest absolute Gasteiger partial charge is 0.317 e. The van der Waals surface area contributed by atoms with E-state index in [0.717, 1.165) is 19.4 Å². The number of aliphatic carboxylic acids is 1. The first kappa shape index (κ1) is 17.8. The number of likely N-dealkylation sites (tertiary alicyclic amines) is 1. The van der Waals surface area contributed by atoms with Gasteiger partial charge in [0.25, 0.3) is 0 Å². The molecule has 0 radical (unpaired) electrons. The second kappa shape index (κ2) is 8.25. The van der Waals surface area contributed by atoms with Gasteiger partial charge in [-0.3, -0.25) is 4.79 Å². The number of hydrogen-bond acceptors (Lipinski definition) is 2. The fraction of sp³-hybridized carbons (Fsp3) is 0.875. The molecule has 0 saturated carbocycles. The van der Waals surface area contributed by atoms with Crippen LogP contribution in [0.5, 0.6) is 0 Å². The third kappa shape index (κ3) is 5.94. The van der Waals surface area contributed by atoms with Gasteiger partial charge in [-0.1, -0.05) is 20.8 Å². The summed E-state index contributed by atoms with van der Waals surface area (Å²) in [5.74, 6) is 0.161. The molecule has 1 fully saturated rings. The molecule has 0 aliphatic carbocycles. The van der Waals surface area contributed by atoms with Crippen molar-refractivity contribution in [2.45, 2.75) is 59.4 Å². The van der Waals surface area contributed by atoms with Crippen molar-refractivity contribution in [1.29, 1.82) is 0 Å². The Hall–Kier alpha value is -1.26. The number of piperidine rings is 1. The van der Waals surface area contributed by atoms with Crippen molar-refractivity contribution in [2.75, 3.05) is 13.1 Å². The van der Waals surface area contributed by atoms with Crippen LogP contribution in [0.2, 0.25) is 0 Å². The van der Waals surface area contributed by atoms with Crippen LogP contribution in [0.25, 0.3) is 0 Å². The van der Waals surface area contributed by atoms with Crippen LogP contribution in [-0.2, 0) is 4.79 Å². The van der Waals surface area contributed by atoms with Gasteiger partial charge >= 0.3 is 12.0 Å². The molecule has 2 unspecified atom stereocenters. The topological polar surface area (TPSA) is 69.6 Å². The molecular weight excluding hydrogens is 268 g/mol. The minimum absolute atomic E-state index is 0.00368. The van der Waals surface area contributed by atoms with Crippen LogP contribution in [0.4, 0.5) is 4.79 Å². The molecule has 1 aliphatic heterocycles. The summed E-state index contributed by atoms with van der Waals surface area (Å²) in [6, 6.07) is 0.204. The number of hydrogen-bond donors (Lipinski definition) is 2. The molecule has 3 atom stereocenters. The van der Waals surface area contributed by atoms with E-state index in [2.05, 4.69) is 33.0 Å². The zero-order chi connectivity index (χ0) is 16.0. The first-order valence-corrected chi connectivity index (χ1v) is 8.07. The summed E-state index contributed by atoms with van der Waals surface area (Å²) in [6.45, 7) is 9.66. The maximum Gasteiger partial charge on any atom is 0.317 e. The van der Waals surface area contributed by atoms with E-state index < -0.39 is 5.97 Å². The molecule has 2 amide bonds. The summed E-state index contributed by atoms with van der Waals surface area (Å²) < 4.78 is 0. The zero-order valence-electron chi connectivity index (χ0n) is 13.8. The number of carbonyl (C=O) groups excluding carboxylic acids is 1. The lowest BCUT2D eigenvalue weighted by Crippen LogP contribution is -2.51. The predicted octanol–water partition coefficient (Wildman–Crippen LogP) is 2.95. The van der Waals surface area contributed by atoms with Crippen molar-refractivity contribution in [2.24, 2.45) is 17.8 Å². The van der Waals surface area contributed by atoms with Crippen LogP contribution in [-0.4, -0.2) is 41.1 Å². The second-order valence-electron chi connectivity index (χ2n) is 6.83. The molecule has 21 heavy (non-hydrogen) atoms. The summed E-state index contributed by atoms with van der Waals surface area (Å²) in [5.41, 5.74) is 0. The lowest BCUT2D eigenvalue weighted by atomic mass is 9.92. The van der Waals surface area contributed by atoms with E-state index in [4.69, 9.17) is 5.11 Å². The fourth-order valence-electron chi connectivity index (χ4n) is 3.11. The molecule has 1 rings (SSSR count). The molecule has 5 nitrogen and oxygen atoms in total. The van der Waals surface area contributed by atoms with Gasteiger partial charge in [-0.05, 0) is 43.9 Å². The molecular formula is C16H30N2O3. The Kier molecular flexibility index (Phi) is 6.99. The fourth-order valence-corrected chi connectivity index (χ4v) is 3.11. The SMILES string of the molecule is CC(C)C[C@H](CNC(=O)N1CCCC(C)C1C)CC(=O)O. The second-order valence-corrected chi connectivity index (χ2v) is 6.83. The highest BCUT2D eigenvalue weighted by Gasteiger charge is 2.28. The Labute approximate surface area is 128 Å². The minimum atomic E-state index is -0.796. The summed E-state index contributed by atoms with van der Waals surface area (Å²) in [4.78, 5) is 25.1. The average molecular weight is 298 g/mol. The quantitative estimate of drug-likeness (QED) is 0.792. The Morgan fingerprint density at radius 1 is 1.33 bits per heavy atom. The number of amides is 2. The summed E-state index contributed by atoms with van der Waals surface area (Å²) in [5, 5.41) is 11.9. The summed E-state index contributed by atoms with van der Waals surface area (Å²) in [7, 11) is 0. The van der Waals surface area contributed by atoms with E-state index in [1.165, 1.54) is 6.42 Å². The van der Waals surface area contributed by atoms with Gasteiger partial charge in [0, 0.05) is 25.6 Å². The standard InChI is InChI=1S/C16H30N2O3/c1-11(2)8-14(9-15(19)20)10-17-16(21)18-7-5-6-12(3)13(18)4/h11-14H,5-10H2,1-4H3,(H,17,21)(H,19,20)/t12?,13?,14-/m0/s1. The van der Waals surface area contributed by atoms with Crippen molar-refractivity contribution in [3.63, 3.8) is 0 Å². The van der Waals surface area contributed by atoms with Crippen molar-refractivity contribution in [1.82, 2.24) is 10.2 Å². The summed E-state index contributed by atoms with van der Waals surface area (Å²) in [6.07, 6.45) is 3.15. The highest BCUT2D eigenvalue weighted by Crippen LogP contribution is 2.23. The number of carboxylic acids is 1. The first-order chi connectivity index (χ1) is 9.81.